The molecule has 1 unspecified atom stereocenters. The summed E-state index contributed by atoms with van der Waals surface area (Å²) in [6.45, 7) is 7.93. The van der Waals surface area contributed by atoms with Crippen molar-refractivity contribution in [2.24, 2.45) is 11.7 Å². The van der Waals surface area contributed by atoms with Crippen molar-refractivity contribution < 1.29 is 4.63 Å². The third-order valence-corrected chi connectivity index (χ3v) is 2.87. The van der Waals surface area contributed by atoms with E-state index in [-0.39, 0.29) is 6.04 Å². The Morgan fingerprint density at radius 3 is 2.56 bits per heavy atom. The number of nitrogens with two attached hydrogens (primary N) is 1. The Hall–Kier alpha value is -0.940. The third-order valence-electron chi connectivity index (χ3n) is 2.87. The van der Waals surface area contributed by atoms with Crippen LogP contribution in [0.25, 0.3) is 0 Å². The molecule has 2 N–H and O–H groups in total. The summed E-state index contributed by atoms with van der Waals surface area (Å²) in [7, 11) is 2.06. The Bertz CT molecular complexity index is 311. The lowest BCUT2D eigenvalue weighted by Gasteiger charge is -2.20. The average molecular weight is 226 g/mol. The van der Waals surface area contributed by atoms with E-state index in [2.05, 4.69) is 40.7 Å². The molecular formula is C11H22N4O. The smallest absolute Gasteiger partial charge is 0.122 e. The van der Waals surface area contributed by atoms with Crippen molar-refractivity contribution in [3.8, 4) is 0 Å². The van der Waals surface area contributed by atoms with E-state index in [4.69, 9.17) is 5.73 Å². The minimum absolute atomic E-state index is 0.263. The van der Waals surface area contributed by atoms with E-state index in [1.807, 2.05) is 6.92 Å². The summed E-state index contributed by atoms with van der Waals surface area (Å²) in [6, 6.07) is 0.263. The maximum Gasteiger partial charge on any atom is 0.122 e. The van der Waals surface area contributed by atoms with Crippen LogP contribution in [0.4, 0.5) is 0 Å². The van der Waals surface area contributed by atoms with E-state index in [0.29, 0.717) is 5.92 Å². The number of aromatic nitrogens is 2. The maximum absolute atomic E-state index is 5.99. The molecule has 0 saturated carbocycles. The molecule has 0 aromatic carbocycles. The quantitative estimate of drug-likeness (QED) is 0.789. The Morgan fingerprint density at radius 1 is 1.38 bits per heavy atom. The van der Waals surface area contributed by atoms with Crippen molar-refractivity contribution in [3.05, 3.63) is 11.4 Å². The first kappa shape index (κ1) is 13.1. The number of hydrogen-bond acceptors (Lipinski definition) is 5. The Labute approximate surface area is 97.0 Å². The molecule has 1 aromatic rings. The zero-order chi connectivity index (χ0) is 12.1. The van der Waals surface area contributed by atoms with Crippen molar-refractivity contribution in [2.45, 2.75) is 39.8 Å². The molecular weight excluding hydrogens is 204 g/mol. The molecule has 5 nitrogen and oxygen atoms in total. The standard InChI is InChI=1S/C11H22N4O/c1-8(2)10(12)5-6-15(4)7-11-9(3)13-16-14-11/h8,10H,5-7,12H2,1-4H3. The van der Waals surface area contributed by atoms with Crippen LogP contribution < -0.4 is 5.73 Å². The zero-order valence-corrected chi connectivity index (χ0v) is 10.6. The van der Waals surface area contributed by atoms with Crippen molar-refractivity contribution in [1.82, 2.24) is 15.2 Å². The van der Waals surface area contributed by atoms with Crippen molar-refractivity contribution >= 4 is 0 Å². The Balaban J connectivity index is 2.31. The molecule has 0 aliphatic carbocycles. The van der Waals surface area contributed by atoms with Gasteiger partial charge in [-0.25, -0.2) is 4.63 Å². The minimum atomic E-state index is 0.263. The topological polar surface area (TPSA) is 68.2 Å². The van der Waals surface area contributed by atoms with Gasteiger partial charge in [0.15, 0.2) is 0 Å². The van der Waals surface area contributed by atoms with E-state index in [9.17, 15) is 0 Å². The number of nitrogens with zero attached hydrogens (tertiary/aromatic N) is 3. The average Bonchev–Trinajstić information content (AvgIpc) is 2.60. The van der Waals surface area contributed by atoms with Crippen LogP contribution in [0.2, 0.25) is 0 Å². The summed E-state index contributed by atoms with van der Waals surface area (Å²) >= 11 is 0. The van der Waals surface area contributed by atoms with E-state index in [1.165, 1.54) is 0 Å². The van der Waals surface area contributed by atoms with Gasteiger partial charge in [-0.15, -0.1) is 0 Å². The van der Waals surface area contributed by atoms with Gasteiger partial charge in [0.1, 0.15) is 11.4 Å². The maximum atomic E-state index is 5.99. The van der Waals surface area contributed by atoms with Gasteiger partial charge in [-0.1, -0.05) is 24.2 Å². The molecule has 0 spiro atoms. The van der Waals surface area contributed by atoms with Crippen molar-refractivity contribution in [1.29, 1.82) is 0 Å². The summed E-state index contributed by atoms with van der Waals surface area (Å²) < 4.78 is 4.66. The van der Waals surface area contributed by atoms with E-state index in [1.54, 1.807) is 0 Å². The predicted molar refractivity (Wildman–Crippen MR) is 62.8 cm³/mol. The van der Waals surface area contributed by atoms with Gasteiger partial charge in [0.2, 0.25) is 0 Å². The summed E-state index contributed by atoms with van der Waals surface area (Å²) in [5.41, 5.74) is 7.76. The highest BCUT2D eigenvalue weighted by Gasteiger charge is 2.11. The van der Waals surface area contributed by atoms with Crippen LogP contribution in [0.3, 0.4) is 0 Å². The molecule has 1 heterocycles. The minimum Gasteiger partial charge on any atom is -0.327 e. The predicted octanol–water partition coefficient (Wildman–Crippen LogP) is 1.18. The second kappa shape index (κ2) is 5.96. The van der Waals surface area contributed by atoms with Gasteiger partial charge in [-0.05, 0) is 32.9 Å². The van der Waals surface area contributed by atoms with Gasteiger partial charge in [0.25, 0.3) is 0 Å². The number of aryl methyl sites for hydroxylation is 1. The molecule has 1 rings (SSSR count). The highest BCUT2D eigenvalue weighted by atomic mass is 16.6. The molecule has 0 saturated heterocycles. The van der Waals surface area contributed by atoms with Crippen LogP contribution in [0.5, 0.6) is 0 Å². The molecule has 16 heavy (non-hydrogen) atoms. The molecule has 0 fully saturated rings. The fourth-order valence-electron chi connectivity index (χ4n) is 1.43. The Kier molecular flexibility index (Phi) is 4.89. The van der Waals surface area contributed by atoms with Crippen LogP contribution in [0, 0.1) is 12.8 Å². The summed E-state index contributed by atoms with van der Waals surface area (Å²) in [5, 5.41) is 7.61. The van der Waals surface area contributed by atoms with Gasteiger partial charge >= 0.3 is 0 Å². The molecule has 1 aromatic heterocycles. The molecule has 0 aliphatic rings. The lowest BCUT2D eigenvalue weighted by molar-refractivity contribution is 0.272. The molecule has 92 valence electrons. The third kappa shape index (κ3) is 3.90. The molecule has 0 amide bonds. The normalized spacial score (nSPS) is 13.7. The summed E-state index contributed by atoms with van der Waals surface area (Å²) in [5.74, 6) is 0.531. The van der Waals surface area contributed by atoms with Crippen LogP contribution in [0.15, 0.2) is 4.63 Å². The number of hydrogen-bond donors (Lipinski definition) is 1. The van der Waals surface area contributed by atoms with Gasteiger partial charge in [0.05, 0.1) is 0 Å². The zero-order valence-electron chi connectivity index (χ0n) is 10.6. The van der Waals surface area contributed by atoms with Gasteiger partial charge in [-0.2, -0.15) is 0 Å². The SMILES string of the molecule is Cc1nonc1CN(C)CCC(N)C(C)C. The first-order valence-electron chi connectivity index (χ1n) is 5.73. The van der Waals surface area contributed by atoms with Gasteiger partial charge in [0, 0.05) is 12.6 Å². The van der Waals surface area contributed by atoms with Crippen LogP contribution in [0.1, 0.15) is 31.7 Å². The van der Waals surface area contributed by atoms with Crippen LogP contribution >= 0.6 is 0 Å². The monoisotopic (exact) mass is 226 g/mol. The van der Waals surface area contributed by atoms with E-state index in [0.717, 1.165) is 30.9 Å². The van der Waals surface area contributed by atoms with Crippen molar-refractivity contribution in [3.63, 3.8) is 0 Å². The van der Waals surface area contributed by atoms with E-state index < -0.39 is 0 Å². The van der Waals surface area contributed by atoms with Crippen LogP contribution in [-0.2, 0) is 6.54 Å². The van der Waals surface area contributed by atoms with Gasteiger partial charge in [-0.3, -0.25) is 0 Å². The first-order chi connectivity index (χ1) is 7.50. The molecule has 1 atom stereocenters. The lowest BCUT2D eigenvalue weighted by Crippen LogP contribution is -2.31. The Morgan fingerprint density at radius 2 is 2.06 bits per heavy atom. The fraction of sp³-hybridized carbons (Fsp3) is 0.818. The van der Waals surface area contributed by atoms with Crippen molar-refractivity contribution in [2.75, 3.05) is 13.6 Å². The molecule has 5 heteroatoms. The first-order valence-corrected chi connectivity index (χ1v) is 5.73. The molecule has 0 radical (unpaired) electrons. The second-order valence-corrected chi connectivity index (χ2v) is 4.73. The number of rotatable bonds is 6. The largest absolute Gasteiger partial charge is 0.327 e. The second-order valence-electron chi connectivity index (χ2n) is 4.73. The highest BCUT2D eigenvalue weighted by molar-refractivity contribution is 5.03. The highest BCUT2D eigenvalue weighted by Crippen LogP contribution is 2.07. The lowest BCUT2D eigenvalue weighted by atomic mass is 10.0. The summed E-state index contributed by atoms with van der Waals surface area (Å²) in [6.07, 6.45) is 0.999. The van der Waals surface area contributed by atoms with Gasteiger partial charge < -0.3 is 10.6 Å². The molecule has 0 bridgehead atoms. The van der Waals surface area contributed by atoms with E-state index >= 15 is 0 Å². The van der Waals surface area contributed by atoms with Crippen LogP contribution in [-0.4, -0.2) is 34.8 Å². The summed E-state index contributed by atoms with van der Waals surface area (Å²) in [4.78, 5) is 2.19. The molecule has 0 aliphatic heterocycles. The fourth-order valence-corrected chi connectivity index (χ4v) is 1.43.